The Morgan fingerprint density at radius 2 is 2.13 bits per heavy atom. The van der Waals surface area contributed by atoms with Gasteiger partial charge in [0, 0.05) is 18.5 Å². The molecule has 1 aliphatic heterocycles. The zero-order chi connectivity index (χ0) is 16.7. The second-order valence-electron chi connectivity index (χ2n) is 5.69. The van der Waals surface area contributed by atoms with Gasteiger partial charge in [0.2, 0.25) is 0 Å². The molecule has 2 rings (SSSR count). The average molecular weight is 316 g/mol. The Kier molecular flexibility index (Phi) is 6.12. The zero-order valence-electron chi connectivity index (χ0n) is 13.3. The topological polar surface area (TPSA) is 83.6 Å². The van der Waals surface area contributed by atoms with E-state index in [9.17, 15) is 9.59 Å². The van der Waals surface area contributed by atoms with Crippen LogP contribution in [0.4, 0.5) is 5.69 Å². The minimum Gasteiger partial charge on any atom is -0.466 e. The van der Waals surface area contributed by atoms with Crippen LogP contribution in [0, 0.1) is 17.2 Å². The summed E-state index contributed by atoms with van der Waals surface area (Å²) in [7, 11) is 0. The quantitative estimate of drug-likeness (QED) is 0.768. The maximum atomic E-state index is 12.1. The molecule has 0 radical (unpaired) electrons. The van der Waals surface area contributed by atoms with Gasteiger partial charge in [-0.25, -0.2) is 0 Å². The average Bonchev–Trinajstić information content (AvgIpc) is 2.55. The molecule has 122 valence electrons. The number of anilines is 1. The number of nitriles is 1. The molecule has 1 heterocycles. The Morgan fingerprint density at radius 1 is 1.39 bits per heavy atom. The summed E-state index contributed by atoms with van der Waals surface area (Å²) in [5, 5.41) is 11.7. The van der Waals surface area contributed by atoms with Gasteiger partial charge in [-0.1, -0.05) is 6.07 Å². The zero-order valence-corrected chi connectivity index (χ0v) is 13.3. The summed E-state index contributed by atoms with van der Waals surface area (Å²) < 4.78 is 5.04. The van der Waals surface area contributed by atoms with Crippen molar-refractivity contribution in [1.82, 2.24) is 0 Å². The number of ether oxygens (including phenoxy) is 1. The fraction of sp³-hybridized carbons (Fsp3) is 0.471. The predicted octanol–water partition coefficient (Wildman–Crippen LogP) is 0.355. The third kappa shape index (κ3) is 5.08. The van der Waals surface area contributed by atoms with Crippen LogP contribution in [0.15, 0.2) is 24.3 Å². The molecule has 1 aliphatic rings. The molecule has 0 unspecified atom stereocenters. The van der Waals surface area contributed by atoms with Crippen molar-refractivity contribution >= 4 is 17.6 Å². The van der Waals surface area contributed by atoms with E-state index in [1.807, 2.05) is 13.0 Å². The first-order valence-electron chi connectivity index (χ1n) is 7.92. The largest absolute Gasteiger partial charge is 0.466 e. The monoisotopic (exact) mass is 316 g/mol. The van der Waals surface area contributed by atoms with Crippen LogP contribution in [-0.2, 0) is 14.3 Å². The number of amides is 1. The summed E-state index contributed by atoms with van der Waals surface area (Å²) in [4.78, 5) is 24.9. The summed E-state index contributed by atoms with van der Waals surface area (Å²) in [5.41, 5.74) is 1.15. The van der Waals surface area contributed by atoms with E-state index in [0.717, 1.165) is 25.9 Å². The van der Waals surface area contributed by atoms with Gasteiger partial charge in [0.15, 0.2) is 6.54 Å². The van der Waals surface area contributed by atoms with Crippen molar-refractivity contribution in [2.45, 2.75) is 19.8 Å². The lowest BCUT2D eigenvalue weighted by Crippen LogP contribution is -3.14. The van der Waals surface area contributed by atoms with E-state index in [-0.39, 0.29) is 17.8 Å². The van der Waals surface area contributed by atoms with Gasteiger partial charge in [0.05, 0.1) is 37.2 Å². The first-order chi connectivity index (χ1) is 11.1. The molecule has 0 bridgehead atoms. The maximum absolute atomic E-state index is 12.1. The van der Waals surface area contributed by atoms with Crippen LogP contribution in [-0.4, -0.2) is 38.1 Å². The maximum Gasteiger partial charge on any atom is 0.309 e. The number of benzene rings is 1. The second kappa shape index (κ2) is 8.30. The molecule has 1 fully saturated rings. The van der Waals surface area contributed by atoms with E-state index in [1.165, 1.54) is 4.90 Å². The number of esters is 1. The summed E-state index contributed by atoms with van der Waals surface area (Å²) in [6.45, 7) is 4.16. The van der Waals surface area contributed by atoms with E-state index >= 15 is 0 Å². The van der Waals surface area contributed by atoms with Crippen LogP contribution in [0.5, 0.6) is 0 Å². The van der Waals surface area contributed by atoms with Gasteiger partial charge in [-0.15, -0.1) is 0 Å². The predicted molar refractivity (Wildman–Crippen MR) is 84.7 cm³/mol. The SMILES string of the molecule is CCOC(=O)C1CC[NH+](CC(=O)Nc2cccc(C#N)c2)CC1. The van der Waals surface area contributed by atoms with Crippen molar-refractivity contribution in [2.24, 2.45) is 5.92 Å². The van der Waals surface area contributed by atoms with Gasteiger partial charge >= 0.3 is 5.97 Å². The van der Waals surface area contributed by atoms with Crippen molar-refractivity contribution in [1.29, 1.82) is 5.26 Å². The van der Waals surface area contributed by atoms with E-state index in [4.69, 9.17) is 10.00 Å². The highest BCUT2D eigenvalue weighted by atomic mass is 16.5. The standard InChI is InChI=1S/C17H21N3O3/c1-2-23-17(22)14-6-8-20(9-7-14)12-16(21)19-15-5-3-4-13(10-15)11-18/h3-5,10,14H,2,6-9,12H2,1H3,(H,19,21)/p+1. The number of likely N-dealkylation sites (tertiary alicyclic amines) is 1. The molecule has 0 aliphatic carbocycles. The van der Waals surface area contributed by atoms with Gasteiger partial charge < -0.3 is 15.0 Å². The fourth-order valence-electron chi connectivity index (χ4n) is 2.80. The fourth-order valence-corrected chi connectivity index (χ4v) is 2.80. The Labute approximate surface area is 136 Å². The van der Waals surface area contributed by atoms with Gasteiger partial charge in [-0.2, -0.15) is 5.26 Å². The molecule has 1 aromatic rings. The summed E-state index contributed by atoms with van der Waals surface area (Å²) >= 11 is 0. The number of carbonyl (C=O) groups is 2. The molecule has 0 atom stereocenters. The Morgan fingerprint density at radius 3 is 2.78 bits per heavy atom. The highest BCUT2D eigenvalue weighted by Crippen LogP contribution is 2.12. The van der Waals surface area contributed by atoms with Crippen LogP contribution in [0.2, 0.25) is 0 Å². The number of rotatable bonds is 5. The third-order valence-electron chi connectivity index (χ3n) is 4.00. The highest BCUT2D eigenvalue weighted by molar-refractivity contribution is 5.91. The lowest BCUT2D eigenvalue weighted by Gasteiger charge is -2.27. The summed E-state index contributed by atoms with van der Waals surface area (Å²) in [5.74, 6) is -0.233. The Balaban J connectivity index is 1.78. The van der Waals surface area contributed by atoms with Crippen molar-refractivity contribution in [3.05, 3.63) is 29.8 Å². The van der Waals surface area contributed by atoms with E-state index in [1.54, 1.807) is 24.3 Å². The molecule has 2 N–H and O–H groups in total. The number of piperidine rings is 1. The number of carbonyl (C=O) groups excluding carboxylic acids is 2. The van der Waals surface area contributed by atoms with E-state index in [0.29, 0.717) is 24.4 Å². The minimum absolute atomic E-state index is 0.0333. The molecule has 1 amide bonds. The van der Waals surface area contributed by atoms with Gasteiger partial charge in [0.25, 0.3) is 5.91 Å². The van der Waals surface area contributed by atoms with Crippen molar-refractivity contribution in [3.8, 4) is 6.07 Å². The molecule has 1 saturated heterocycles. The lowest BCUT2D eigenvalue weighted by molar-refractivity contribution is -0.897. The number of hydrogen-bond acceptors (Lipinski definition) is 4. The van der Waals surface area contributed by atoms with Gasteiger partial charge in [-0.05, 0) is 25.1 Å². The van der Waals surface area contributed by atoms with Crippen molar-refractivity contribution in [3.63, 3.8) is 0 Å². The lowest BCUT2D eigenvalue weighted by atomic mass is 9.97. The summed E-state index contributed by atoms with van der Waals surface area (Å²) in [6.07, 6.45) is 1.51. The molecule has 6 heteroatoms. The van der Waals surface area contributed by atoms with Gasteiger partial charge in [0.1, 0.15) is 0 Å². The highest BCUT2D eigenvalue weighted by Gasteiger charge is 2.29. The first-order valence-corrected chi connectivity index (χ1v) is 7.92. The molecular formula is C17H22N3O3+. The van der Waals surface area contributed by atoms with Gasteiger partial charge in [-0.3, -0.25) is 9.59 Å². The normalized spacial score (nSPS) is 20.3. The molecule has 1 aromatic carbocycles. The number of nitrogens with one attached hydrogen (secondary N) is 2. The van der Waals surface area contributed by atoms with Crippen LogP contribution in [0.3, 0.4) is 0 Å². The number of quaternary nitrogens is 1. The molecule has 6 nitrogen and oxygen atoms in total. The molecular weight excluding hydrogens is 294 g/mol. The number of nitrogens with zero attached hydrogens (tertiary/aromatic N) is 1. The molecule has 23 heavy (non-hydrogen) atoms. The molecule has 0 saturated carbocycles. The first kappa shape index (κ1) is 17.0. The third-order valence-corrected chi connectivity index (χ3v) is 4.00. The van der Waals surface area contributed by atoms with Crippen molar-refractivity contribution < 1.29 is 19.2 Å². The summed E-state index contributed by atoms with van der Waals surface area (Å²) in [6, 6.07) is 8.90. The van der Waals surface area contributed by atoms with Crippen LogP contribution >= 0.6 is 0 Å². The second-order valence-corrected chi connectivity index (χ2v) is 5.69. The molecule has 0 spiro atoms. The van der Waals surface area contributed by atoms with Crippen molar-refractivity contribution in [2.75, 3.05) is 31.6 Å². The number of hydrogen-bond donors (Lipinski definition) is 2. The van der Waals surface area contributed by atoms with E-state index in [2.05, 4.69) is 5.32 Å². The smallest absolute Gasteiger partial charge is 0.309 e. The van der Waals surface area contributed by atoms with Crippen LogP contribution in [0.1, 0.15) is 25.3 Å². The Hall–Kier alpha value is -2.39. The minimum atomic E-state index is -0.121. The van der Waals surface area contributed by atoms with E-state index < -0.39 is 0 Å². The Bertz CT molecular complexity index is 601. The van der Waals surface area contributed by atoms with Crippen LogP contribution < -0.4 is 10.2 Å². The van der Waals surface area contributed by atoms with Crippen LogP contribution in [0.25, 0.3) is 0 Å². The molecule has 0 aromatic heterocycles.